The number of hydrogen-bond donors (Lipinski definition) is 0. The summed E-state index contributed by atoms with van der Waals surface area (Å²) in [7, 11) is 0. The van der Waals surface area contributed by atoms with Gasteiger partial charge >= 0.3 is 17.9 Å². The van der Waals surface area contributed by atoms with Crippen molar-refractivity contribution in [3.63, 3.8) is 0 Å². The molecule has 0 aliphatic rings. The van der Waals surface area contributed by atoms with Crippen molar-refractivity contribution < 1.29 is 28.6 Å². The van der Waals surface area contributed by atoms with Crippen molar-refractivity contribution >= 4 is 17.9 Å². The van der Waals surface area contributed by atoms with Gasteiger partial charge in [-0.05, 0) is 116 Å². The van der Waals surface area contributed by atoms with Gasteiger partial charge in [0.1, 0.15) is 13.2 Å². The first-order valence-electron chi connectivity index (χ1n) is 32.2. The summed E-state index contributed by atoms with van der Waals surface area (Å²) in [6.07, 6.45) is 92.1. The lowest BCUT2D eigenvalue weighted by Crippen LogP contribution is -2.30. The number of hydrogen-bond acceptors (Lipinski definition) is 6. The van der Waals surface area contributed by atoms with Crippen molar-refractivity contribution in [2.45, 2.75) is 290 Å². The van der Waals surface area contributed by atoms with Crippen LogP contribution in [-0.2, 0) is 28.6 Å². The second-order valence-corrected chi connectivity index (χ2v) is 20.9. The molecule has 6 nitrogen and oxygen atoms in total. The lowest BCUT2D eigenvalue weighted by atomic mass is 10.0. The second kappa shape index (κ2) is 65.1. The van der Waals surface area contributed by atoms with Gasteiger partial charge in [0.15, 0.2) is 6.10 Å². The van der Waals surface area contributed by atoms with Crippen LogP contribution in [0.15, 0.2) is 134 Å². The van der Waals surface area contributed by atoms with Crippen LogP contribution in [0.25, 0.3) is 0 Å². The fourth-order valence-corrected chi connectivity index (χ4v) is 8.66. The average Bonchev–Trinajstić information content (AvgIpc) is 3.44. The predicted molar refractivity (Wildman–Crippen MR) is 339 cm³/mol. The molecule has 0 aliphatic heterocycles. The molecule has 78 heavy (non-hydrogen) atoms. The fraction of sp³-hybridized carbons (Fsp3) is 0.653. The van der Waals surface area contributed by atoms with E-state index in [-0.39, 0.29) is 31.6 Å². The van der Waals surface area contributed by atoms with Crippen molar-refractivity contribution in [2.75, 3.05) is 13.2 Å². The van der Waals surface area contributed by atoms with E-state index in [2.05, 4.69) is 142 Å². The van der Waals surface area contributed by atoms with Gasteiger partial charge in [-0.25, -0.2) is 0 Å². The van der Waals surface area contributed by atoms with E-state index in [0.29, 0.717) is 12.8 Å². The highest BCUT2D eigenvalue weighted by Crippen LogP contribution is 2.16. The van der Waals surface area contributed by atoms with E-state index < -0.39 is 12.1 Å². The van der Waals surface area contributed by atoms with Gasteiger partial charge in [-0.3, -0.25) is 14.4 Å². The standard InChI is InChI=1S/C72H118O6/c1-4-7-10-13-16-19-22-25-28-30-31-32-33-34-35-36-37-38-39-40-41-42-45-47-50-53-56-59-62-65-71(74)77-68-69(67-76-70(73)64-61-58-55-52-49-46-43-27-24-21-18-15-12-9-6-3)78-72(75)66-63-60-57-54-51-48-44-29-26-23-20-17-14-11-8-5-2/h7,9-10,12,16,18-21,23,25,27-29,31-32,43-44,49,52,58,61,69H,4-6,8,11,13-15,17,22,24,26,30,33-42,45-48,50-51,53-57,59-60,62-68H2,1-3H3/b10-7-,12-9-,19-16-,21-18-,23-20-,28-25-,32-31-,43-27-,44-29-,52-49-,61-58-. The molecular weight excluding hydrogens is 961 g/mol. The Morgan fingerprint density at radius 1 is 0.282 bits per heavy atom. The third kappa shape index (κ3) is 62.4. The van der Waals surface area contributed by atoms with Crippen LogP contribution in [0, 0.1) is 0 Å². The Morgan fingerprint density at radius 3 is 0.897 bits per heavy atom. The minimum absolute atomic E-state index is 0.116. The van der Waals surface area contributed by atoms with Crippen molar-refractivity contribution in [2.24, 2.45) is 0 Å². The summed E-state index contributed by atoms with van der Waals surface area (Å²) in [5.74, 6) is -1.06. The van der Waals surface area contributed by atoms with Gasteiger partial charge in [-0.2, -0.15) is 0 Å². The fourth-order valence-electron chi connectivity index (χ4n) is 8.66. The third-order valence-corrected chi connectivity index (χ3v) is 13.4. The van der Waals surface area contributed by atoms with Gasteiger partial charge in [0.2, 0.25) is 0 Å². The zero-order valence-corrected chi connectivity index (χ0v) is 50.6. The van der Waals surface area contributed by atoms with E-state index in [4.69, 9.17) is 14.2 Å². The van der Waals surface area contributed by atoms with Crippen LogP contribution in [0.4, 0.5) is 0 Å². The molecule has 0 aromatic heterocycles. The zero-order valence-electron chi connectivity index (χ0n) is 50.6. The minimum atomic E-state index is -0.829. The molecule has 0 saturated carbocycles. The van der Waals surface area contributed by atoms with Gasteiger partial charge in [-0.1, -0.05) is 283 Å². The number of rotatable bonds is 57. The SMILES string of the molecule is CC/C=C\C/C=C\C/C=C\C/C=C\C/C=C\CC(=O)OCC(COC(=O)CCCCCCCCCCCCCCCCCC/C=C\C/C=C\C/C=C\C/C=C\CC)OC(=O)CCCCCCC/C=C\C/C=C\CCCCCC. The van der Waals surface area contributed by atoms with Crippen LogP contribution in [0.5, 0.6) is 0 Å². The lowest BCUT2D eigenvalue weighted by molar-refractivity contribution is -0.166. The molecule has 0 bridgehead atoms. The Hall–Kier alpha value is -4.45. The molecule has 1 atom stereocenters. The molecule has 6 heteroatoms. The lowest BCUT2D eigenvalue weighted by Gasteiger charge is -2.18. The van der Waals surface area contributed by atoms with Crippen LogP contribution in [-0.4, -0.2) is 37.2 Å². The number of unbranched alkanes of at least 4 members (excludes halogenated alkanes) is 25. The van der Waals surface area contributed by atoms with Crippen LogP contribution < -0.4 is 0 Å². The van der Waals surface area contributed by atoms with Crippen molar-refractivity contribution in [3.8, 4) is 0 Å². The first-order valence-corrected chi connectivity index (χ1v) is 32.2. The summed E-state index contributed by atoms with van der Waals surface area (Å²) in [5.41, 5.74) is 0. The van der Waals surface area contributed by atoms with E-state index >= 15 is 0 Å². The Morgan fingerprint density at radius 2 is 0.551 bits per heavy atom. The van der Waals surface area contributed by atoms with Gasteiger partial charge in [0.05, 0.1) is 6.42 Å². The van der Waals surface area contributed by atoms with E-state index in [1.807, 2.05) is 6.08 Å². The van der Waals surface area contributed by atoms with Crippen molar-refractivity contribution in [1.29, 1.82) is 0 Å². The maximum absolute atomic E-state index is 12.9. The highest BCUT2D eigenvalue weighted by atomic mass is 16.6. The van der Waals surface area contributed by atoms with Gasteiger partial charge in [0.25, 0.3) is 0 Å². The molecule has 0 amide bonds. The van der Waals surface area contributed by atoms with Crippen LogP contribution in [0.3, 0.4) is 0 Å². The minimum Gasteiger partial charge on any atom is -0.462 e. The topological polar surface area (TPSA) is 78.9 Å². The molecule has 0 saturated heterocycles. The zero-order chi connectivity index (χ0) is 56.4. The third-order valence-electron chi connectivity index (χ3n) is 13.4. The number of carbonyl (C=O) groups is 3. The first-order chi connectivity index (χ1) is 38.5. The number of ether oxygens (including phenoxy) is 3. The van der Waals surface area contributed by atoms with Crippen molar-refractivity contribution in [3.05, 3.63) is 134 Å². The highest BCUT2D eigenvalue weighted by molar-refractivity contribution is 5.72. The summed E-state index contributed by atoms with van der Waals surface area (Å²) in [5, 5.41) is 0. The van der Waals surface area contributed by atoms with Gasteiger partial charge in [-0.15, -0.1) is 0 Å². The Balaban J connectivity index is 4.34. The molecule has 0 rings (SSSR count). The maximum Gasteiger partial charge on any atom is 0.309 e. The van der Waals surface area contributed by atoms with Crippen LogP contribution in [0.1, 0.15) is 284 Å². The van der Waals surface area contributed by atoms with Crippen molar-refractivity contribution in [1.82, 2.24) is 0 Å². The molecule has 0 heterocycles. The summed E-state index contributed by atoms with van der Waals surface area (Å²) in [6, 6.07) is 0. The number of allylic oxidation sites excluding steroid dienone is 21. The smallest absolute Gasteiger partial charge is 0.309 e. The van der Waals surface area contributed by atoms with E-state index in [9.17, 15) is 14.4 Å². The normalized spacial score (nSPS) is 13.0. The largest absolute Gasteiger partial charge is 0.462 e. The monoisotopic (exact) mass is 1080 g/mol. The second-order valence-electron chi connectivity index (χ2n) is 20.9. The molecule has 0 radical (unpaired) electrons. The summed E-state index contributed by atoms with van der Waals surface area (Å²) >= 11 is 0. The maximum atomic E-state index is 12.9. The summed E-state index contributed by atoms with van der Waals surface area (Å²) < 4.78 is 16.8. The Labute approximate surface area is 481 Å². The van der Waals surface area contributed by atoms with Crippen LogP contribution >= 0.6 is 0 Å². The molecule has 0 aliphatic carbocycles. The summed E-state index contributed by atoms with van der Waals surface area (Å²) in [6.45, 7) is 6.31. The Bertz CT molecular complexity index is 1670. The number of carbonyl (C=O) groups excluding carboxylic acids is 3. The highest BCUT2D eigenvalue weighted by Gasteiger charge is 2.19. The van der Waals surface area contributed by atoms with E-state index in [0.717, 1.165) is 122 Å². The molecule has 0 N–H and O–H groups in total. The quantitative estimate of drug-likeness (QED) is 0.0261. The van der Waals surface area contributed by atoms with E-state index in [1.165, 1.54) is 122 Å². The Kier molecular flexibility index (Phi) is 61.4. The molecule has 0 spiro atoms. The van der Waals surface area contributed by atoms with E-state index in [1.54, 1.807) is 6.08 Å². The van der Waals surface area contributed by atoms with Gasteiger partial charge in [0, 0.05) is 12.8 Å². The molecule has 1 unspecified atom stereocenters. The number of esters is 3. The van der Waals surface area contributed by atoms with Gasteiger partial charge < -0.3 is 14.2 Å². The molecule has 0 aromatic rings. The summed E-state index contributed by atoms with van der Waals surface area (Å²) in [4.78, 5) is 38.2. The molecular formula is C72H118O6. The van der Waals surface area contributed by atoms with Crippen LogP contribution in [0.2, 0.25) is 0 Å². The predicted octanol–water partition coefficient (Wildman–Crippen LogP) is 22.2. The first kappa shape index (κ1) is 73.5. The molecule has 0 fully saturated rings. The molecule has 0 aromatic carbocycles. The molecule has 442 valence electrons. The average molecular weight is 1080 g/mol.